The lowest BCUT2D eigenvalue weighted by Crippen LogP contribution is -2.30. The second-order valence-electron chi connectivity index (χ2n) is 12.9. The molecule has 1 aliphatic carbocycles. The third kappa shape index (κ3) is 6.97. The fourth-order valence-corrected chi connectivity index (χ4v) is 6.51. The van der Waals surface area contributed by atoms with Gasteiger partial charge in [0.15, 0.2) is 0 Å². The minimum absolute atomic E-state index is 0.132. The summed E-state index contributed by atoms with van der Waals surface area (Å²) in [6.45, 7) is 18.6. The van der Waals surface area contributed by atoms with Crippen molar-refractivity contribution in [3.8, 4) is 5.75 Å². The first-order valence-electron chi connectivity index (χ1n) is 15.1. The van der Waals surface area contributed by atoms with E-state index >= 15 is 0 Å². The van der Waals surface area contributed by atoms with Gasteiger partial charge in [-0.05, 0) is 82.5 Å². The summed E-state index contributed by atoms with van der Waals surface area (Å²) in [4.78, 5) is 0. The molecule has 0 amide bonds. The maximum atomic E-state index is 6.12. The molecule has 4 rings (SSSR count). The molecule has 0 spiro atoms. The minimum atomic E-state index is -0.134. The molecule has 0 radical (unpaired) electrons. The monoisotopic (exact) mass is 610 g/mol. The Bertz CT molecular complexity index is 1370. The first-order valence-corrected chi connectivity index (χ1v) is 16.2. The number of halogens is 1. The molecule has 0 bridgehead atoms. The molecule has 3 unspecified atom stereocenters. The van der Waals surface area contributed by atoms with Gasteiger partial charge in [-0.2, -0.15) is 0 Å². The predicted molar refractivity (Wildman–Crippen MR) is 182 cm³/mol. The lowest BCUT2D eigenvalue weighted by atomic mass is 9.66. The maximum absolute atomic E-state index is 6.12. The van der Waals surface area contributed by atoms with Gasteiger partial charge in [0.25, 0.3) is 0 Å². The Labute approximate surface area is 257 Å². The van der Waals surface area contributed by atoms with E-state index in [0.29, 0.717) is 11.8 Å². The Morgan fingerprint density at radius 3 is 2.20 bits per heavy atom. The number of hydrogen-bond acceptors (Lipinski definition) is 1. The van der Waals surface area contributed by atoms with Crippen LogP contribution in [0.5, 0.6) is 5.75 Å². The van der Waals surface area contributed by atoms with E-state index < -0.39 is 0 Å². The lowest BCUT2D eigenvalue weighted by Gasteiger charge is -2.37. The van der Waals surface area contributed by atoms with Gasteiger partial charge in [-0.1, -0.05) is 148 Å². The Hall–Kier alpha value is -2.84. The zero-order valence-electron chi connectivity index (χ0n) is 25.8. The molecule has 3 atom stereocenters. The van der Waals surface area contributed by atoms with Crippen LogP contribution in [-0.4, -0.2) is 11.9 Å². The SMILES string of the molecule is C=Cc1ccc(OCC(C)CCC(C)CC2(c3ccc(C(C)(C)C)cc3)C(C)=C(/C=C\CBr)c3ccccc32)cc1. The quantitative estimate of drug-likeness (QED) is 0.185. The molecule has 0 aliphatic heterocycles. The summed E-state index contributed by atoms with van der Waals surface area (Å²) in [5, 5.41) is 0.855. The molecule has 1 aliphatic rings. The van der Waals surface area contributed by atoms with Crippen molar-refractivity contribution in [2.75, 3.05) is 11.9 Å². The van der Waals surface area contributed by atoms with Crippen LogP contribution in [0.15, 0.2) is 97.1 Å². The van der Waals surface area contributed by atoms with E-state index in [4.69, 9.17) is 4.74 Å². The topological polar surface area (TPSA) is 9.23 Å². The van der Waals surface area contributed by atoms with Gasteiger partial charge in [0.1, 0.15) is 5.75 Å². The molecule has 3 aromatic carbocycles. The Morgan fingerprint density at radius 2 is 1.56 bits per heavy atom. The van der Waals surface area contributed by atoms with Crippen molar-refractivity contribution in [1.29, 1.82) is 0 Å². The van der Waals surface area contributed by atoms with Crippen LogP contribution >= 0.6 is 15.9 Å². The van der Waals surface area contributed by atoms with Crippen molar-refractivity contribution < 1.29 is 4.74 Å². The summed E-state index contributed by atoms with van der Waals surface area (Å²) in [5.74, 6) is 1.97. The fourth-order valence-electron chi connectivity index (χ4n) is 6.32. The second-order valence-corrected chi connectivity index (χ2v) is 13.6. The molecule has 41 heavy (non-hydrogen) atoms. The second kappa shape index (κ2) is 13.4. The zero-order chi connectivity index (χ0) is 29.6. The van der Waals surface area contributed by atoms with Gasteiger partial charge < -0.3 is 4.74 Å². The molecule has 0 saturated carbocycles. The van der Waals surface area contributed by atoms with E-state index in [1.165, 1.54) is 39.8 Å². The largest absolute Gasteiger partial charge is 0.493 e. The molecular formula is C39H47BrO. The van der Waals surface area contributed by atoms with E-state index in [0.717, 1.165) is 36.1 Å². The van der Waals surface area contributed by atoms with Crippen molar-refractivity contribution >= 4 is 27.6 Å². The van der Waals surface area contributed by atoms with Crippen LogP contribution in [0.2, 0.25) is 0 Å². The van der Waals surface area contributed by atoms with Crippen molar-refractivity contribution in [2.24, 2.45) is 11.8 Å². The van der Waals surface area contributed by atoms with Crippen molar-refractivity contribution in [3.05, 3.63) is 125 Å². The van der Waals surface area contributed by atoms with Crippen LogP contribution in [0.1, 0.15) is 88.6 Å². The number of fused-ring (bicyclic) bond motifs is 1. The highest BCUT2D eigenvalue weighted by molar-refractivity contribution is 9.09. The Kier molecular flexibility index (Phi) is 10.2. The summed E-state index contributed by atoms with van der Waals surface area (Å²) in [6.07, 6.45) is 9.81. The number of hydrogen-bond donors (Lipinski definition) is 0. The van der Waals surface area contributed by atoms with Gasteiger partial charge >= 0.3 is 0 Å². The van der Waals surface area contributed by atoms with Gasteiger partial charge in [-0.25, -0.2) is 0 Å². The number of benzene rings is 3. The number of alkyl halides is 1. The summed E-state index contributed by atoms with van der Waals surface area (Å²) >= 11 is 3.60. The Balaban J connectivity index is 1.59. The van der Waals surface area contributed by atoms with Crippen molar-refractivity contribution in [1.82, 2.24) is 0 Å². The molecule has 0 heterocycles. The number of rotatable bonds is 12. The smallest absolute Gasteiger partial charge is 0.119 e. The third-order valence-corrected chi connectivity index (χ3v) is 9.17. The number of ether oxygens (including phenoxy) is 1. The minimum Gasteiger partial charge on any atom is -0.493 e. The van der Waals surface area contributed by atoms with Crippen LogP contribution in [0.25, 0.3) is 11.6 Å². The molecule has 216 valence electrons. The average molecular weight is 612 g/mol. The van der Waals surface area contributed by atoms with E-state index in [2.05, 4.69) is 137 Å². The highest BCUT2D eigenvalue weighted by Gasteiger charge is 2.44. The van der Waals surface area contributed by atoms with E-state index in [1.807, 2.05) is 18.2 Å². The highest BCUT2D eigenvalue weighted by atomic mass is 79.9. The van der Waals surface area contributed by atoms with Gasteiger partial charge in [-0.15, -0.1) is 0 Å². The molecule has 0 N–H and O–H groups in total. The van der Waals surface area contributed by atoms with Crippen LogP contribution in [0.4, 0.5) is 0 Å². The zero-order valence-corrected chi connectivity index (χ0v) is 27.4. The maximum Gasteiger partial charge on any atom is 0.119 e. The van der Waals surface area contributed by atoms with Gasteiger partial charge in [-0.3, -0.25) is 0 Å². The Morgan fingerprint density at radius 1 is 0.902 bits per heavy atom. The molecular weight excluding hydrogens is 564 g/mol. The van der Waals surface area contributed by atoms with Crippen molar-refractivity contribution in [3.63, 3.8) is 0 Å². The van der Waals surface area contributed by atoms with Gasteiger partial charge in [0, 0.05) is 10.7 Å². The standard InChI is InChI=1S/C39H47BrO/c1-8-31-17-23-34(24-18-31)41-27-29(3)16-15-28(2)26-39(33-21-19-32(20-22-33)38(5,6)7)30(4)35(13-11-25-40)36-12-9-10-14-37(36)39/h8-14,17-24,28-29H,1,15-16,25-27H2,2-7H3/b13-11-. The van der Waals surface area contributed by atoms with E-state index in [-0.39, 0.29) is 10.8 Å². The average Bonchev–Trinajstić information content (AvgIpc) is 3.21. The van der Waals surface area contributed by atoms with Crippen LogP contribution < -0.4 is 4.74 Å². The normalized spacial score (nSPS) is 18.4. The molecule has 1 nitrogen and oxygen atoms in total. The summed E-state index contributed by atoms with van der Waals surface area (Å²) in [7, 11) is 0. The molecule has 3 aromatic rings. The van der Waals surface area contributed by atoms with Gasteiger partial charge in [0.05, 0.1) is 6.61 Å². The summed E-state index contributed by atoms with van der Waals surface area (Å²) < 4.78 is 6.12. The summed E-state index contributed by atoms with van der Waals surface area (Å²) in [6, 6.07) is 26.8. The van der Waals surface area contributed by atoms with Crippen LogP contribution in [0.3, 0.4) is 0 Å². The fraction of sp³-hybridized carbons (Fsp3) is 0.385. The van der Waals surface area contributed by atoms with Crippen LogP contribution in [-0.2, 0) is 10.8 Å². The third-order valence-electron chi connectivity index (χ3n) is 8.80. The molecule has 0 aromatic heterocycles. The highest BCUT2D eigenvalue weighted by Crippen LogP contribution is 2.54. The molecule has 0 fully saturated rings. The van der Waals surface area contributed by atoms with E-state index in [9.17, 15) is 0 Å². The first-order chi connectivity index (χ1) is 19.6. The number of allylic oxidation sites excluding steroid dienone is 4. The first kappa shape index (κ1) is 31.1. The lowest BCUT2D eigenvalue weighted by molar-refractivity contribution is 0.240. The van der Waals surface area contributed by atoms with Crippen molar-refractivity contribution in [2.45, 2.75) is 71.6 Å². The predicted octanol–water partition coefficient (Wildman–Crippen LogP) is 11.2. The van der Waals surface area contributed by atoms with E-state index in [1.54, 1.807) is 0 Å². The van der Waals surface area contributed by atoms with Gasteiger partial charge in [0.2, 0.25) is 0 Å². The van der Waals surface area contributed by atoms with Crippen LogP contribution in [0, 0.1) is 11.8 Å². The molecule has 0 saturated heterocycles. The molecule has 2 heteroatoms. The summed E-state index contributed by atoms with van der Waals surface area (Å²) in [5.41, 5.74) is 9.55.